The molecule has 0 bridgehead atoms. The SMILES string of the molecule is CCNC(=NCc1ccnc(OCC(F)(F)F)c1)NCC1(CCOC)CCC1.I. The van der Waals surface area contributed by atoms with Gasteiger partial charge in [-0.05, 0) is 43.2 Å². The first-order valence-corrected chi connectivity index (χ1v) is 9.51. The van der Waals surface area contributed by atoms with E-state index in [0.717, 1.165) is 25.1 Å². The summed E-state index contributed by atoms with van der Waals surface area (Å²) < 4.78 is 46.7. The maximum absolute atomic E-state index is 12.3. The Bertz CT molecular complexity index is 640. The van der Waals surface area contributed by atoms with Gasteiger partial charge in [0.25, 0.3) is 0 Å². The maximum atomic E-state index is 12.3. The number of aromatic nitrogens is 1. The van der Waals surface area contributed by atoms with Gasteiger partial charge in [0, 0.05) is 39.1 Å². The van der Waals surface area contributed by atoms with Crippen molar-refractivity contribution in [3.63, 3.8) is 0 Å². The van der Waals surface area contributed by atoms with E-state index in [9.17, 15) is 13.2 Å². The van der Waals surface area contributed by atoms with Crippen molar-refractivity contribution in [3.8, 4) is 5.88 Å². The van der Waals surface area contributed by atoms with E-state index >= 15 is 0 Å². The number of ether oxygens (including phenoxy) is 2. The Balaban J connectivity index is 0.00000420. The number of methoxy groups -OCH3 is 1. The van der Waals surface area contributed by atoms with E-state index in [0.29, 0.717) is 19.0 Å². The molecule has 0 radical (unpaired) electrons. The highest BCUT2D eigenvalue weighted by atomic mass is 127. The van der Waals surface area contributed by atoms with Crippen LogP contribution in [0.25, 0.3) is 0 Å². The van der Waals surface area contributed by atoms with Crippen LogP contribution in [0.3, 0.4) is 0 Å². The molecule has 0 atom stereocenters. The molecule has 1 aromatic heterocycles. The Morgan fingerprint density at radius 2 is 2.07 bits per heavy atom. The Kier molecular flexibility index (Phi) is 11.0. The van der Waals surface area contributed by atoms with Crippen molar-refractivity contribution >= 4 is 29.9 Å². The maximum Gasteiger partial charge on any atom is 0.422 e. The number of hydrogen-bond acceptors (Lipinski definition) is 4. The minimum atomic E-state index is -4.39. The molecule has 1 aromatic rings. The lowest BCUT2D eigenvalue weighted by atomic mass is 9.67. The molecule has 0 aliphatic heterocycles. The first-order valence-electron chi connectivity index (χ1n) is 9.51. The van der Waals surface area contributed by atoms with Crippen LogP contribution in [0, 0.1) is 5.41 Å². The van der Waals surface area contributed by atoms with Gasteiger partial charge in [-0.2, -0.15) is 13.2 Å². The van der Waals surface area contributed by atoms with Crippen LogP contribution in [0.1, 0.15) is 38.2 Å². The molecular formula is C19H30F3IN4O2. The second kappa shape index (κ2) is 12.4. The topological polar surface area (TPSA) is 67.8 Å². The fraction of sp³-hybridized carbons (Fsp3) is 0.684. The van der Waals surface area contributed by atoms with E-state index in [1.54, 1.807) is 13.2 Å². The molecule has 2 N–H and O–H groups in total. The predicted molar refractivity (Wildman–Crippen MR) is 117 cm³/mol. The number of aliphatic imine (C=N–C) groups is 1. The number of alkyl halides is 3. The third-order valence-corrected chi connectivity index (χ3v) is 4.83. The van der Waals surface area contributed by atoms with Gasteiger partial charge in [-0.15, -0.1) is 24.0 Å². The third kappa shape index (κ3) is 9.37. The molecule has 0 spiro atoms. The molecule has 1 fully saturated rings. The minimum absolute atomic E-state index is 0. The summed E-state index contributed by atoms with van der Waals surface area (Å²) in [6, 6.07) is 3.18. The van der Waals surface area contributed by atoms with Gasteiger partial charge in [0.1, 0.15) is 0 Å². The molecule has 0 saturated heterocycles. The standard InChI is InChI=1S/C19H29F3N4O2.HI/c1-3-23-17(26-13-18(6-4-7-18)8-10-27-2)25-12-15-5-9-24-16(11-15)28-14-19(20,21)22;/h5,9,11H,3-4,6-8,10,12-14H2,1-2H3,(H2,23,25,26);1H. The van der Waals surface area contributed by atoms with Crippen LogP contribution >= 0.6 is 24.0 Å². The van der Waals surface area contributed by atoms with Crippen LogP contribution in [0.5, 0.6) is 5.88 Å². The predicted octanol–water partition coefficient (Wildman–Crippen LogP) is 3.90. The molecule has 0 unspecified atom stereocenters. The van der Waals surface area contributed by atoms with Crippen molar-refractivity contribution in [1.82, 2.24) is 15.6 Å². The summed E-state index contributed by atoms with van der Waals surface area (Å²) in [5.74, 6) is 0.622. The highest BCUT2D eigenvalue weighted by molar-refractivity contribution is 14.0. The summed E-state index contributed by atoms with van der Waals surface area (Å²) in [6.45, 7) is 3.21. The smallest absolute Gasteiger partial charge is 0.422 e. The molecule has 1 aliphatic carbocycles. The second-order valence-electron chi connectivity index (χ2n) is 7.05. The molecule has 166 valence electrons. The van der Waals surface area contributed by atoms with Crippen LogP contribution < -0.4 is 15.4 Å². The van der Waals surface area contributed by atoms with Crippen LogP contribution in [-0.2, 0) is 11.3 Å². The minimum Gasteiger partial charge on any atom is -0.468 e. The summed E-state index contributed by atoms with van der Waals surface area (Å²) in [6.07, 6.45) is 1.63. The van der Waals surface area contributed by atoms with Gasteiger partial charge in [-0.25, -0.2) is 9.98 Å². The first kappa shape index (κ1) is 25.7. The van der Waals surface area contributed by atoms with Crippen LogP contribution in [-0.4, -0.2) is 50.5 Å². The number of hydrogen-bond donors (Lipinski definition) is 2. The molecule has 1 heterocycles. The Morgan fingerprint density at radius 3 is 2.66 bits per heavy atom. The summed E-state index contributed by atoms with van der Waals surface area (Å²) in [5, 5.41) is 6.59. The fourth-order valence-electron chi connectivity index (χ4n) is 3.08. The molecule has 0 aromatic carbocycles. The number of guanidine groups is 1. The van der Waals surface area contributed by atoms with Gasteiger partial charge in [-0.1, -0.05) is 6.42 Å². The number of rotatable bonds is 10. The summed E-state index contributed by atoms with van der Waals surface area (Å²) in [5.41, 5.74) is 0.976. The fourth-order valence-corrected chi connectivity index (χ4v) is 3.08. The Morgan fingerprint density at radius 1 is 1.31 bits per heavy atom. The van der Waals surface area contributed by atoms with Gasteiger partial charge in [0.15, 0.2) is 12.6 Å². The average molecular weight is 530 g/mol. The van der Waals surface area contributed by atoms with Crippen molar-refractivity contribution in [2.75, 3.05) is 33.4 Å². The normalized spacial score (nSPS) is 15.8. The van der Waals surface area contributed by atoms with Gasteiger partial charge >= 0.3 is 6.18 Å². The van der Waals surface area contributed by atoms with Gasteiger partial charge in [0.2, 0.25) is 5.88 Å². The van der Waals surface area contributed by atoms with Crippen LogP contribution in [0.4, 0.5) is 13.2 Å². The van der Waals surface area contributed by atoms with Crippen molar-refractivity contribution < 1.29 is 22.6 Å². The number of nitrogens with one attached hydrogen (secondary N) is 2. The molecule has 1 saturated carbocycles. The van der Waals surface area contributed by atoms with Crippen LogP contribution in [0.2, 0.25) is 0 Å². The molecule has 29 heavy (non-hydrogen) atoms. The second-order valence-corrected chi connectivity index (χ2v) is 7.05. The average Bonchev–Trinajstić information content (AvgIpc) is 2.63. The lowest BCUT2D eigenvalue weighted by molar-refractivity contribution is -0.154. The van der Waals surface area contributed by atoms with Crippen molar-refractivity contribution in [3.05, 3.63) is 23.9 Å². The largest absolute Gasteiger partial charge is 0.468 e. The molecule has 1 aliphatic rings. The number of nitrogens with zero attached hydrogens (tertiary/aromatic N) is 2. The van der Waals surface area contributed by atoms with Crippen molar-refractivity contribution in [2.24, 2.45) is 10.4 Å². The summed E-state index contributed by atoms with van der Waals surface area (Å²) in [7, 11) is 1.72. The van der Waals surface area contributed by atoms with E-state index in [2.05, 4.69) is 25.3 Å². The molecule has 6 nitrogen and oxygen atoms in total. The summed E-state index contributed by atoms with van der Waals surface area (Å²) >= 11 is 0. The van der Waals surface area contributed by atoms with E-state index in [1.807, 2.05) is 6.92 Å². The number of halogens is 4. The zero-order valence-corrected chi connectivity index (χ0v) is 19.2. The van der Waals surface area contributed by atoms with Gasteiger partial charge in [0.05, 0.1) is 6.54 Å². The van der Waals surface area contributed by atoms with Crippen molar-refractivity contribution in [1.29, 1.82) is 0 Å². The lowest BCUT2D eigenvalue weighted by Crippen LogP contribution is -2.46. The summed E-state index contributed by atoms with van der Waals surface area (Å²) in [4.78, 5) is 8.34. The third-order valence-electron chi connectivity index (χ3n) is 4.83. The van der Waals surface area contributed by atoms with E-state index in [4.69, 9.17) is 4.74 Å². The Hall–Kier alpha value is -1.30. The van der Waals surface area contributed by atoms with Crippen LogP contribution in [0.15, 0.2) is 23.3 Å². The zero-order valence-electron chi connectivity index (χ0n) is 16.8. The molecular weight excluding hydrogens is 500 g/mol. The van der Waals surface area contributed by atoms with E-state index in [1.165, 1.54) is 31.5 Å². The van der Waals surface area contributed by atoms with E-state index in [-0.39, 0.29) is 35.3 Å². The highest BCUT2D eigenvalue weighted by Gasteiger charge is 2.36. The van der Waals surface area contributed by atoms with Gasteiger partial charge in [-0.3, -0.25) is 0 Å². The van der Waals surface area contributed by atoms with Gasteiger partial charge < -0.3 is 20.1 Å². The quantitative estimate of drug-likeness (QED) is 0.273. The molecule has 2 rings (SSSR count). The van der Waals surface area contributed by atoms with Crippen molar-refractivity contribution in [2.45, 2.75) is 45.3 Å². The molecule has 10 heteroatoms. The monoisotopic (exact) mass is 530 g/mol. The molecule has 0 amide bonds. The number of pyridine rings is 1. The Labute approximate surface area is 187 Å². The highest BCUT2D eigenvalue weighted by Crippen LogP contribution is 2.43. The zero-order chi connectivity index (χ0) is 20.5. The lowest BCUT2D eigenvalue weighted by Gasteiger charge is -2.42. The first-order chi connectivity index (χ1) is 13.4. The van der Waals surface area contributed by atoms with E-state index < -0.39 is 12.8 Å².